The Bertz CT molecular complexity index is 415. The SMILES string of the molecule is C=C(C)COc1cccc(O[C@H](C)C(N)=O)c1. The van der Waals surface area contributed by atoms with Gasteiger partial charge in [0.25, 0.3) is 5.91 Å². The van der Waals surface area contributed by atoms with Gasteiger partial charge in [0, 0.05) is 6.07 Å². The largest absolute Gasteiger partial charge is 0.489 e. The average molecular weight is 235 g/mol. The molecule has 2 N–H and O–H groups in total. The molecule has 4 nitrogen and oxygen atoms in total. The second-order valence-corrected chi connectivity index (χ2v) is 3.88. The Morgan fingerprint density at radius 1 is 1.47 bits per heavy atom. The zero-order valence-electron chi connectivity index (χ0n) is 10.1. The molecule has 0 radical (unpaired) electrons. The van der Waals surface area contributed by atoms with Crippen LogP contribution in [0.15, 0.2) is 36.4 Å². The van der Waals surface area contributed by atoms with Crippen molar-refractivity contribution < 1.29 is 14.3 Å². The number of benzene rings is 1. The monoisotopic (exact) mass is 235 g/mol. The van der Waals surface area contributed by atoms with Gasteiger partial charge in [0.15, 0.2) is 6.10 Å². The Hall–Kier alpha value is -1.97. The van der Waals surface area contributed by atoms with Crippen molar-refractivity contribution in [1.29, 1.82) is 0 Å². The standard InChI is InChI=1S/C13H17NO3/c1-9(2)8-16-11-5-4-6-12(7-11)17-10(3)13(14)15/h4-7,10H,1,8H2,2-3H3,(H2,14,15)/t10-/m1/s1. The molecule has 1 amide bonds. The summed E-state index contributed by atoms with van der Waals surface area (Å²) >= 11 is 0. The molecule has 1 aromatic carbocycles. The van der Waals surface area contributed by atoms with Gasteiger partial charge in [0.05, 0.1) is 0 Å². The number of nitrogens with two attached hydrogens (primary N) is 1. The number of amides is 1. The van der Waals surface area contributed by atoms with E-state index in [2.05, 4.69) is 6.58 Å². The number of ether oxygens (including phenoxy) is 2. The smallest absolute Gasteiger partial charge is 0.258 e. The van der Waals surface area contributed by atoms with Gasteiger partial charge in [-0.25, -0.2) is 0 Å². The Kier molecular flexibility index (Phi) is 4.57. The third-order valence-corrected chi connectivity index (χ3v) is 2.00. The maximum Gasteiger partial charge on any atom is 0.258 e. The van der Waals surface area contributed by atoms with Gasteiger partial charge in [-0.05, 0) is 31.6 Å². The van der Waals surface area contributed by atoms with E-state index in [0.717, 1.165) is 5.57 Å². The lowest BCUT2D eigenvalue weighted by Gasteiger charge is -2.12. The maximum absolute atomic E-state index is 10.9. The summed E-state index contributed by atoms with van der Waals surface area (Å²) in [6.45, 7) is 7.69. The van der Waals surface area contributed by atoms with Gasteiger partial charge in [-0.15, -0.1) is 0 Å². The first-order valence-corrected chi connectivity index (χ1v) is 5.32. The molecule has 1 rings (SSSR count). The predicted molar refractivity (Wildman–Crippen MR) is 66.0 cm³/mol. The van der Waals surface area contributed by atoms with Crippen LogP contribution in [-0.4, -0.2) is 18.6 Å². The first-order valence-electron chi connectivity index (χ1n) is 5.32. The van der Waals surface area contributed by atoms with E-state index in [9.17, 15) is 4.79 Å². The van der Waals surface area contributed by atoms with Crippen molar-refractivity contribution >= 4 is 5.91 Å². The van der Waals surface area contributed by atoms with E-state index in [1.165, 1.54) is 0 Å². The highest BCUT2D eigenvalue weighted by molar-refractivity contribution is 5.78. The molecule has 0 aliphatic carbocycles. The van der Waals surface area contributed by atoms with Crippen molar-refractivity contribution in [2.45, 2.75) is 20.0 Å². The molecule has 0 aromatic heterocycles. The molecule has 1 aromatic rings. The Labute approximate surface area is 101 Å². The van der Waals surface area contributed by atoms with Crippen molar-refractivity contribution in [1.82, 2.24) is 0 Å². The summed E-state index contributed by atoms with van der Waals surface area (Å²) in [5.74, 6) is 0.718. The number of carbonyl (C=O) groups excluding carboxylic acids is 1. The summed E-state index contributed by atoms with van der Waals surface area (Å²) in [6, 6.07) is 7.05. The van der Waals surface area contributed by atoms with Gasteiger partial charge in [-0.3, -0.25) is 4.79 Å². The van der Waals surface area contributed by atoms with E-state index in [1.54, 1.807) is 25.1 Å². The first-order chi connectivity index (χ1) is 7.99. The molecule has 0 spiro atoms. The summed E-state index contributed by atoms with van der Waals surface area (Å²) in [5, 5.41) is 0. The fourth-order valence-corrected chi connectivity index (χ4v) is 1.11. The van der Waals surface area contributed by atoms with Gasteiger partial charge in [0.2, 0.25) is 0 Å². The van der Waals surface area contributed by atoms with E-state index in [-0.39, 0.29) is 0 Å². The summed E-state index contributed by atoms with van der Waals surface area (Å²) in [7, 11) is 0. The molecule has 0 saturated carbocycles. The van der Waals surface area contributed by atoms with Crippen LogP contribution in [-0.2, 0) is 4.79 Å². The molecule has 1 atom stereocenters. The normalized spacial score (nSPS) is 11.6. The molecule has 0 fully saturated rings. The molecule has 17 heavy (non-hydrogen) atoms. The highest BCUT2D eigenvalue weighted by Crippen LogP contribution is 2.20. The fraction of sp³-hybridized carbons (Fsp3) is 0.308. The minimum atomic E-state index is -0.661. The molecule has 0 saturated heterocycles. The lowest BCUT2D eigenvalue weighted by atomic mass is 10.3. The Morgan fingerprint density at radius 2 is 2.12 bits per heavy atom. The van der Waals surface area contributed by atoms with Gasteiger partial charge >= 0.3 is 0 Å². The second-order valence-electron chi connectivity index (χ2n) is 3.88. The van der Waals surface area contributed by atoms with Crippen LogP contribution < -0.4 is 15.2 Å². The van der Waals surface area contributed by atoms with Crippen molar-refractivity contribution in [2.75, 3.05) is 6.61 Å². The molecular weight excluding hydrogens is 218 g/mol. The minimum Gasteiger partial charge on any atom is -0.489 e. The van der Waals surface area contributed by atoms with Crippen LogP contribution in [0, 0.1) is 0 Å². The Balaban J connectivity index is 2.65. The lowest BCUT2D eigenvalue weighted by molar-refractivity contribution is -0.123. The van der Waals surface area contributed by atoms with Gasteiger partial charge in [-0.2, -0.15) is 0 Å². The van der Waals surface area contributed by atoms with Crippen LogP contribution in [0.2, 0.25) is 0 Å². The molecule has 0 aliphatic heterocycles. The summed E-state index contributed by atoms with van der Waals surface area (Å²) < 4.78 is 10.8. The Morgan fingerprint density at radius 3 is 2.71 bits per heavy atom. The van der Waals surface area contributed by atoms with Gasteiger partial charge < -0.3 is 15.2 Å². The van der Waals surface area contributed by atoms with Crippen molar-refractivity contribution in [3.8, 4) is 11.5 Å². The third-order valence-electron chi connectivity index (χ3n) is 2.00. The molecule has 4 heteroatoms. The zero-order valence-corrected chi connectivity index (χ0v) is 10.1. The lowest BCUT2D eigenvalue weighted by Crippen LogP contribution is -2.30. The first kappa shape index (κ1) is 13.1. The van der Waals surface area contributed by atoms with Crippen LogP contribution >= 0.6 is 0 Å². The minimum absolute atomic E-state index is 0.453. The number of hydrogen-bond acceptors (Lipinski definition) is 3. The number of carbonyl (C=O) groups is 1. The van der Waals surface area contributed by atoms with Gasteiger partial charge in [-0.1, -0.05) is 12.6 Å². The van der Waals surface area contributed by atoms with Crippen molar-refractivity contribution in [3.63, 3.8) is 0 Å². The number of primary amides is 1. The quantitative estimate of drug-likeness (QED) is 0.766. The van der Waals surface area contributed by atoms with Crippen LogP contribution in [0.25, 0.3) is 0 Å². The van der Waals surface area contributed by atoms with E-state index >= 15 is 0 Å². The van der Waals surface area contributed by atoms with E-state index < -0.39 is 12.0 Å². The molecular formula is C13H17NO3. The van der Waals surface area contributed by atoms with E-state index in [1.807, 2.05) is 13.0 Å². The highest BCUT2D eigenvalue weighted by atomic mass is 16.5. The van der Waals surface area contributed by atoms with E-state index in [0.29, 0.717) is 18.1 Å². The van der Waals surface area contributed by atoms with Gasteiger partial charge in [0.1, 0.15) is 18.1 Å². The number of hydrogen-bond donors (Lipinski definition) is 1. The molecule has 0 heterocycles. The third kappa shape index (κ3) is 4.59. The zero-order chi connectivity index (χ0) is 12.8. The fourth-order valence-electron chi connectivity index (χ4n) is 1.11. The van der Waals surface area contributed by atoms with Crippen LogP contribution in [0.4, 0.5) is 0 Å². The van der Waals surface area contributed by atoms with Crippen LogP contribution in [0.1, 0.15) is 13.8 Å². The highest BCUT2D eigenvalue weighted by Gasteiger charge is 2.10. The van der Waals surface area contributed by atoms with Crippen molar-refractivity contribution in [3.05, 3.63) is 36.4 Å². The maximum atomic E-state index is 10.9. The van der Waals surface area contributed by atoms with Crippen LogP contribution in [0.5, 0.6) is 11.5 Å². The topological polar surface area (TPSA) is 61.6 Å². The number of rotatable bonds is 6. The summed E-state index contributed by atoms with van der Waals surface area (Å²) in [5.41, 5.74) is 6.05. The molecule has 0 unspecified atom stereocenters. The second kappa shape index (κ2) is 5.94. The molecule has 0 bridgehead atoms. The molecule has 92 valence electrons. The summed E-state index contributed by atoms with van der Waals surface area (Å²) in [4.78, 5) is 10.9. The summed E-state index contributed by atoms with van der Waals surface area (Å²) in [6.07, 6.45) is -0.661. The molecule has 0 aliphatic rings. The van der Waals surface area contributed by atoms with E-state index in [4.69, 9.17) is 15.2 Å². The van der Waals surface area contributed by atoms with Crippen LogP contribution in [0.3, 0.4) is 0 Å². The average Bonchev–Trinajstić information content (AvgIpc) is 2.26. The predicted octanol–water partition coefficient (Wildman–Crippen LogP) is 1.89. The van der Waals surface area contributed by atoms with Crippen molar-refractivity contribution in [2.24, 2.45) is 5.73 Å².